The van der Waals surface area contributed by atoms with E-state index in [-0.39, 0.29) is 32.5 Å². The van der Waals surface area contributed by atoms with E-state index < -0.39 is 0 Å². The van der Waals surface area contributed by atoms with Crippen molar-refractivity contribution in [2.75, 3.05) is 0 Å². The lowest BCUT2D eigenvalue weighted by atomic mass is 9.85. The summed E-state index contributed by atoms with van der Waals surface area (Å²) in [5.74, 6) is 2.19. The molecule has 0 atom stereocenters. The monoisotopic (exact) mass is 983 g/mol. The first kappa shape index (κ1) is 64.3. The Kier molecular flexibility index (Phi) is 21.2. The number of aryl methyl sites for hydroxylation is 10. The van der Waals surface area contributed by atoms with Gasteiger partial charge in [0.05, 0.1) is 34.7 Å². The van der Waals surface area contributed by atoms with Gasteiger partial charge in [-0.2, -0.15) is 20.4 Å². The molecule has 6 rings (SSSR count). The Morgan fingerprint density at radius 3 is 0.845 bits per heavy atom. The third-order valence-electron chi connectivity index (χ3n) is 13.2. The maximum atomic E-state index is 4.54. The highest BCUT2D eigenvalue weighted by Gasteiger charge is 2.26. The summed E-state index contributed by atoms with van der Waals surface area (Å²) in [7, 11) is 12.1. The van der Waals surface area contributed by atoms with Gasteiger partial charge in [-0.1, -0.05) is 125 Å². The second-order valence-corrected chi connectivity index (χ2v) is 26.1. The lowest BCUT2D eigenvalue weighted by molar-refractivity contribution is 0.520. The van der Waals surface area contributed by atoms with Crippen LogP contribution in [-0.4, -0.2) is 58.2 Å². The zero-order valence-corrected chi connectivity index (χ0v) is 52.4. The number of hydrogen-bond donors (Lipinski definition) is 0. The van der Waals surface area contributed by atoms with Crippen LogP contribution in [0.4, 0.5) is 0 Å². The molecule has 12 nitrogen and oxygen atoms in total. The average Bonchev–Trinajstić information content (AvgIpc) is 3.95. The van der Waals surface area contributed by atoms with Gasteiger partial charge in [0.25, 0.3) is 0 Å². The molecule has 0 aliphatic rings. The minimum atomic E-state index is 0.163. The van der Waals surface area contributed by atoms with Crippen LogP contribution in [0.2, 0.25) is 0 Å². The minimum absolute atomic E-state index is 0.163. The third-order valence-corrected chi connectivity index (χ3v) is 13.2. The number of hydrogen-bond acceptors (Lipinski definition) is 6. The molecule has 0 unspecified atom stereocenters. The van der Waals surface area contributed by atoms with E-state index in [1.807, 2.05) is 67.0 Å². The van der Waals surface area contributed by atoms with Gasteiger partial charge in [-0.3, -0.25) is 18.7 Å². The maximum Gasteiger partial charge on any atom is 0.105 e. The Bertz CT molecular complexity index is 2420. The lowest BCUT2D eigenvalue weighted by Crippen LogP contribution is -2.17. The summed E-state index contributed by atoms with van der Waals surface area (Å²) < 4.78 is 12.1. The van der Waals surface area contributed by atoms with Crippen LogP contribution in [0.5, 0.6) is 0 Å². The molecule has 0 radical (unpaired) electrons. The first-order chi connectivity index (χ1) is 31.6. The number of imidazole rings is 2. The lowest BCUT2D eigenvalue weighted by Gasteiger charge is -2.20. The van der Waals surface area contributed by atoms with Crippen LogP contribution in [0.25, 0.3) is 0 Å². The molecule has 0 bridgehead atoms. The number of aromatic nitrogens is 12. The van der Waals surface area contributed by atoms with Gasteiger partial charge in [0.15, 0.2) is 0 Å². The topological polar surface area (TPSA) is 107 Å². The van der Waals surface area contributed by atoms with Crippen LogP contribution in [0, 0.1) is 76.2 Å². The van der Waals surface area contributed by atoms with Crippen LogP contribution in [-0.2, 0) is 74.8 Å². The predicted octanol–water partition coefficient (Wildman–Crippen LogP) is 13.7. The Hall–Kier alpha value is -4.74. The Morgan fingerprint density at radius 2 is 0.704 bits per heavy atom. The molecule has 402 valence electrons. The highest BCUT2D eigenvalue weighted by molar-refractivity contribution is 5.33. The molecular formula is C59H106N12. The third kappa shape index (κ3) is 16.9. The van der Waals surface area contributed by atoms with Crippen molar-refractivity contribution >= 4 is 0 Å². The van der Waals surface area contributed by atoms with Crippen molar-refractivity contribution in [3.63, 3.8) is 0 Å². The molecule has 6 heterocycles. The molecule has 0 fully saturated rings. The van der Waals surface area contributed by atoms with Crippen molar-refractivity contribution in [3.8, 4) is 0 Å². The second-order valence-electron chi connectivity index (χ2n) is 26.1. The molecule has 0 N–H and O–H groups in total. The van der Waals surface area contributed by atoms with Crippen molar-refractivity contribution in [1.29, 1.82) is 0 Å². The van der Waals surface area contributed by atoms with E-state index in [9.17, 15) is 0 Å². The van der Waals surface area contributed by atoms with Crippen LogP contribution in [0.1, 0.15) is 221 Å². The van der Waals surface area contributed by atoms with Crippen molar-refractivity contribution in [2.45, 2.75) is 233 Å². The fourth-order valence-corrected chi connectivity index (χ4v) is 10.0. The summed E-state index contributed by atoms with van der Waals surface area (Å²) in [6.07, 6.45) is 1.92. The van der Waals surface area contributed by atoms with Gasteiger partial charge < -0.3 is 9.13 Å². The first-order valence-corrected chi connectivity index (χ1v) is 25.6. The summed E-state index contributed by atoms with van der Waals surface area (Å²) in [5.41, 5.74) is 20.1. The summed E-state index contributed by atoms with van der Waals surface area (Å²) in [4.78, 5) is 8.98. The van der Waals surface area contributed by atoms with Crippen molar-refractivity contribution in [1.82, 2.24) is 58.2 Å². The molecule has 0 spiro atoms. The summed E-state index contributed by atoms with van der Waals surface area (Å²) in [6, 6.07) is 0. The van der Waals surface area contributed by atoms with Gasteiger partial charge in [0, 0.05) is 109 Å². The van der Waals surface area contributed by atoms with Crippen molar-refractivity contribution in [3.05, 3.63) is 103 Å². The van der Waals surface area contributed by atoms with Crippen LogP contribution < -0.4 is 0 Å². The minimum Gasteiger partial charge on any atom is -0.335 e. The van der Waals surface area contributed by atoms with E-state index in [4.69, 9.17) is 0 Å². The summed E-state index contributed by atoms with van der Waals surface area (Å²) in [6.45, 7) is 62.9. The highest BCUT2D eigenvalue weighted by Crippen LogP contribution is 2.30. The molecule has 6 aromatic heterocycles. The standard InChI is InChI=1S/5C10H18N2.C9H16N2/c1-7-9(10(3,4)5)11-8(2)12(7)6;1-7-9(10(3,4)5)12(6)8(2)11-7;2*1-7-9(10(3,4)5)8(2)12(6)11-7;1-7-8(2)12(6)11-9(7)10(3,4)5;1-7-6-10-11(5)8(7)9(2,3)4/h5*1-6H3;6H,1-5H3. The molecule has 0 amide bonds. The van der Waals surface area contributed by atoms with E-state index in [2.05, 4.69) is 241 Å². The fourth-order valence-electron chi connectivity index (χ4n) is 10.0. The van der Waals surface area contributed by atoms with E-state index in [1.165, 1.54) is 67.8 Å². The van der Waals surface area contributed by atoms with Gasteiger partial charge in [0.2, 0.25) is 0 Å². The number of nitrogens with zero attached hydrogens (tertiary/aromatic N) is 12. The zero-order valence-electron chi connectivity index (χ0n) is 52.4. The summed E-state index contributed by atoms with van der Waals surface area (Å²) in [5, 5.41) is 17.5. The van der Waals surface area contributed by atoms with Gasteiger partial charge in [-0.05, 0) is 98.1 Å². The van der Waals surface area contributed by atoms with Gasteiger partial charge in [0.1, 0.15) is 11.6 Å². The molecule has 0 aromatic carbocycles. The van der Waals surface area contributed by atoms with Crippen molar-refractivity contribution in [2.24, 2.45) is 42.3 Å². The largest absolute Gasteiger partial charge is 0.335 e. The van der Waals surface area contributed by atoms with E-state index in [0.717, 1.165) is 28.7 Å². The number of rotatable bonds is 0. The van der Waals surface area contributed by atoms with Crippen LogP contribution in [0.3, 0.4) is 0 Å². The van der Waals surface area contributed by atoms with Crippen LogP contribution in [0.15, 0.2) is 6.20 Å². The normalized spacial score (nSPS) is 12.2. The fraction of sp³-hybridized carbons (Fsp3) is 0.695. The smallest absolute Gasteiger partial charge is 0.105 e. The van der Waals surface area contributed by atoms with E-state index in [1.54, 1.807) is 0 Å². The molecule has 0 aliphatic carbocycles. The SMILES string of the molecule is Cc1c(C(C)(C)C)nn(C)c1C.Cc1cnn(C)c1C(C)(C)C.Cc1nc(C(C)(C)C)c(C)n1C.Cc1nc(C)n(C)c1C(C)(C)C.Cc1nn(C)c(C)c1C(C)(C)C.Cc1nn(C)c(C)c1C(C)(C)C. The maximum absolute atomic E-state index is 4.54. The molecule has 0 saturated heterocycles. The van der Waals surface area contributed by atoms with Gasteiger partial charge in [-0.25, -0.2) is 9.97 Å². The molecular weight excluding hydrogens is 877 g/mol. The Labute approximate surface area is 434 Å². The Morgan fingerprint density at radius 1 is 0.338 bits per heavy atom. The van der Waals surface area contributed by atoms with E-state index in [0.29, 0.717) is 0 Å². The zero-order chi connectivity index (χ0) is 56.2. The second kappa shape index (κ2) is 23.4. The average molecular weight is 984 g/mol. The molecule has 6 aromatic rings. The molecule has 12 heteroatoms. The molecule has 71 heavy (non-hydrogen) atoms. The van der Waals surface area contributed by atoms with Gasteiger partial charge in [-0.15, -0.1) is 0 Å². The Balaban J connectivity index is 0.000000426. The first-order valence-electron chi connectivity index (χ1n) is 25.6. The van der Waals surface area contributed by atoms with E-state index >= 15 is 0 Å². The molecule has 0 aliphatic heterocycles. The quantitative estimate of drug-likeness (QED) is 0.150. The summed E-state index contributed by atoms with van der Waals surface area (Å²) >= 11 is 0. The predicted molar refractivity (Wildman–Crippen MR) is 304 cm³/mol. The van der Waals surface area contributed by atoms with Crippen LogP contribution >= 0.6 is 0 Å². The molecule has 0 saturated carbocycles. The highest BCUT2D eigenvalue weighted by atomic mass is 15.3. The van der Waals surface area contributed by atoms with Gasteiger partial charge >= 0.3 is 0 Å². The van der Waals surface area contributed by atoms with Crippen molar-refractivity contribution < 1.29 is 0 Å².